The molecule has 1 unspecified atom stereocenters. The number of benzene rings is 4. The van der Waals surface area contributed by atoms with E-state index in [1.807, 2.05) is 0 Å². The monoisotopic (exact) mass is 642 g/mol. The Balaban J connectivity index is 1.72. The summed E-state index contributed by atoms with van der Waals surface area (Å²) in [6.45, 7) is -0.311. The van der Waals surface area contributed by atoms with E-state index in [0.717, 1.165) is 23.1 Å². The summed E-state index contributed by atoms with van der Waals surface area (Å²) < 4.78 is 76.7. The zero-order valence-electron chi connectivity index (χ0n) is 23.0. The maximum atomic E-state index is 15.9. The maximum Gasteiger partial charge on any atom is 0.416 e. The van der Waals surface area contributed by atoms with E-state index in [1.54, 1.807) is 24.3 Å². The van der Waals surface area contributed by atoms with Crippen LogP contribution in [0.25, 0.3) is 22.0 Å². The molecule has 0 saturated carbocycles. The zero-order valence-corrected chi connectivity index (χ0v) is 23.7. The number of halogens is 6. The van der Waals surface area contributed by atoms with Crippen molar-refractivity contribution in [3.8, 4) is 16.9 Å². The quantitative estimate of drug-likeness (QED) is 0.192. The Kier molecular flexibility index (Phi) is 7.05. The topological polar surface area (TPSA) is 122 Å². The van der Waals surface area contributed by atoms with Gasteiger partial charge in [-0.25, -0.2) is 8.78 Å². The van der Waals surface area contributed by atoms with Crippen molar-refractivity contribution in [1.29, 1.82) is 0 Å². The second kappa shape index (κ2) is 10.6. The van der Waals surface area contributed by atoms with E-state index in [2.05, 4.69) is 10.2 Å². The first-order chi connectivity index (χ1) is 21.2. The first-order valence-corrected chi connectivity index (χ1v) is 13.5. The average Bonchev–Trinajstić information content (AvgIpc) is 3.55. The molecule has 230 valence electrons. The molecule has 1 aliphatic rings. The van der Waals surface area contributed by atoms with Crippen LogP contribution in [-0.4, -0.2) is 39.1 Å². The number of aliphatic hydroxyl groups is 1. The molecule has 14 heteroatoms. The number of alkyl halides is 3. The largest absolute Gasteiger partial charge is 0.497 e. The molecule has 2 heterocycles. The van der Waals surface area contributed by atoms with Crippen molar-refractivity contribution in [2.45, 2.75) is 18.4 Å². The molecule has 0 bridgehead atoms. The third kappa shape index (κ3) is 4.75. The highest BCUT2D eigenvalue weighted by Gasteiger charge is 2.54. The van der Waals surface area contributed by atoms with Gasteiger partial charge in [0, 0.05) is 33.6 Å². The average molecular weight is 643 g/mol. The predicted molar refractivity (Wildman–Crippen MR) is 152 cm³/mol. The molecule has 2 amide bonds. The maximum absolute atomic E-state index is 15.9. The third-order valence-corrected chi connectivity index (χ3v) is 8.02. The van der Waals surface area contributed by atoms with Crippen molar-refractivity contribution in [1.82, 2.24) is 15.1 Å². The molecule has 4 N–H and O–H groups in total. The van der Waals surface area contributed by atoms with Gasteiger partial charge in [0.15, 0.2) is 5.72 Å². The minimum Gasteiger partial charge on any atom is -0.497 e. The van der Waals surface area contributed by atoms with Gasteiger partial charge in [-0.05, 0) is 59.7 Å². The highest BCUT2D eigenvalue weighted by atomic mass is 35.5. The summed E-state index contributed by atoms with van der Waals surface area (Å²) in [7, 11) is 1.46. The van der Waals surface area contributed by atoms with Gasteiger partial charge in [-0.1, -0.05) is 23.7 Å². The fourth-order valence-electron chi connectivity index (χ4n) is 5.67. The number of rotatable bonds is 6. The number of carbonyl (C=O) groups is 2. The number of aromatic nitrogens is 2. The summed E-state index contributed by atoms with van der Waals surface area (Å²) in [5.41, 5.74) is -1.07. The van der Waals surface area contributed by atoms with Crippen LogP contribution < -0.4 is 10.5 Å². The van der Waals surface area contributed by atoms with Crippen molar-refractivity contribution in [3.05, 3.63) is 117 Å². The normalized spacial score (nSPS) is 16.4. The number of hydrogen-bond donors (Lipinski definition) is 3. The van der Waals surface area contributed by atoms with Gasteiger partial charge >= 0.3 is 6.18 Å². The fraction of sp³-hybridized carbons (Fsp3) is 0.129. The number of methoxy groups -OCH3 is 1. The van der Waals surface area contributed by atoms with Crippen LogP contribution >= 0.6 is 11.6 Å². The molecular formula is C31H20ClF5N4O4. The highest BCUT2D eigenvalue weighted by Crippen LogP contribution is 2.52. The van der Waals surface area contributed by atoms with E-state index < -0.39 is 52.0 Å². The number of H-pyrrole nitrogens is 1. The van der Waals surface area contributed by atoms with Crippen LogP contribution in [0.5, 0.6) is 5.75 Å². The molecule has 0 fully saturated rings. The predicted octanol–water partition coefficient (Wildman–Crippen LogP) is 6.14. The lowest BCUT2D eigenvalue weighted by Gasteiger charge is -2.36. The smallest absolute Gasteiger partial charge is 0.416 e. The Morgan fingerprint density at radius 1 is 1.09 bits per heavy atom. The van der Waals surface area contributed by atoms with Crippen LogP contribution in [0.2, 0.25) is 5.02 Å². The molecule has 1 aliphatic heterocycles. The molecule has 1 atom stereocenters. The van der Waals surface area contributed by atoms with Gasteiger partial charge in [-0.15, -0.1) is 0 Å². The van der Waals surface area contributed by atoms with Crippen molar-refractivity contribution < 1.29 is 41.4 Å². The molecule has 0 saturated heterocycles. The highest BCUT2D eigenvalue weighted by molar-refractivity contribution is 6.31. The van der Waals surface area contributed by atoms with Crippen molar-refractivity contribution in [2.75, 3.05) is 7.11 Å². The van der Waals surface area contributed by atoms with Crippen LogP contribution in [0.4, 0.5) is 22.0 Å². The standard InChI is InChI=1S/C31H20ClF5N4O4/c1-45-18-5-2-14(3-6-18)13-41-29(43)25-26(30(41,44)21-11-17(33)4-7-22(21)32)19(8-15-12-39-40-27(15)25)24-20(28(38)42)9-16(10-23(24)34)31(35,36)37/h2-12,44H,13H2,1H3,(H2,38,42)(H,39,40). The summed E-state index contributed by atoms with van der Waals surface area (Å²) in [5, 5.41) is 19.3. The number of carbonyl (C=O) groups excluding carboxylic acids is 2. The van der Waals surface area contributed by atoms with E-state index in [0.29, 0.717) is 17.4 Å². The van der Waals surface area contributed by atoms with Gasteiger partial charge in [0.2, 0.25) is 5.91 Å². The number of amides is 2. The molecule has 4 aromatic carbocycles. The van der Waals surface area contributed by atoms with E-state index >= 15 is 4.39 Å². The van der Waals surface area contributed by atoms with Crippen molar-refractivity contribution in [2.24, 2.45) is 5.73 Å². The summed E-state index contributed by atoms with van der Waals surface area (Å²) >= 11 is 6.49. The molecule has 1 aromatic heterocycles. The van der Waals surface area contributed by atoms with Gasteiger partial charge in [-0.2, -0.15) is 18.3 Å². The number of hydrogen-bond acceptors (Lipinski definition) is 5. The number of nitrogens with two attached hydrogens (primary N) is 1. The van der Waals surface area contributed by atoms with Crippen molar-refractivity contribution in [3.63, 3.8) is 0 Å². The molecule has 0 radical (unpaired) electrons. The molecule has 0 spiro atoms. The molecular weight excluding hydrogens is 623 g/mol. The van der Waals surface area contributed by atoms with E-state index in [-0.39, 0.29) is 50.8 Å². The van der Waals surface area contributed by atoms with Crippen LogP contribution in [0, 0.1) is 11.6 Å². The van der Waals surface area contributed by atoms with E-state index in [1.165, 1.54) is 19.4 Å². The number of fused-ring (bicyclic) bond motifs is 3. The number of nitrogens with zero attached hydrogens (tertiary/aromatic N) is 2. The Hall–Kier alpha value is -5.01. The number of aromatic amines is 1. The minimum absolute atomic E-state index is 0.0786. The van der Waals surface area contributed by atoms with Crippen LogP contribution in [0.3, 0.4) is 0 Å². The summed E-state index contributed by atoms with van der Waals surface area (Å²) in [6, 6.07) is 11.2. The SMILES string of the molecule is COc1ccc(CN2C(=O)c3c(c(-c4c(F)cc(C(F)(F)F)cc4C(N)=O)cc4cn[nH]c34)C2(O)c2cc(F)ccc2Cl)cc1. The Labute approximate surface area is 255 Å². The minimum atomic E-state index is -5.04. The first kappa shape index (κ1) is 30.0. The second-order valence-electron chi connectivity index (χ2n) is 10.3. The van der Waals surface area contributed by atoms with Crippen LogP contribution in [-0.2, 0) is 18.4 Å². The lowest BCUT2D eigenvalue weighted by Crippen LogP contribution is -2.44. The Morgan fingerprint density at radius 2 is 1.80 bits per heavy atom. The Morgan fingerprint density at radius 3 is 2.44 bits per heavy atom. The molecule has 45 heavy (non-hydrogen) atoms. The van der Waals surface area contributed by atoms with Gasteiger partial charge in [0.1, 0.15) is 17.4 Å². The van der Waals surface area contributed by atoms with Crippen LogP contribution in [0.1, 0.15) is 43.0 Å². The molecule has 6 rings (SSSR count). The summed E-state index contributed by atoms with van der Waals surface area (Å²) in [4.78, 5) is 27.8. The summed E-state index contributed by atoms with van der Waals surface area (Å²) in [6.07, 6.45) is -3.78. The zero-order chi connectivity index (χ0) is 32.4. The lowest BCUT2D eigenvalue weighted by molar-refractivity contribution is -0.137. The Bertz CT molecular complexity index is 2030. The third-order valence-electron chi connectivity index (χ3n) is 7.69. The van der Waals surface area contributed by atoms with Gasteiger partial charge in [0.05, 0.1) is 35.5 Å². The van der Waals surface area contributed by atoms with E-state index in [9.17, 15) is 32.3 Å². The van der Waals surface area contributed by atoms with Crippen LogP contribution in [0.15, 0.2) is 66.9 Å². The number of primary amides is 1. The summed E-state index contributed by atoms with van der Waals surface area (Å²) in [5.74, 6) is -4.12. The first-order valence-electron chi connectivity index (χ1n) is 13.1. The molecule has 8 nitrogen and oxygen atoms in total. The second-order valence-corrected chi connectivity index (χ2v) is 10.7. The number of ether oxygens (including phenoxy) is 1. The van der Waals surface area contributed by atoms with Gasteiger partial charge in [0.25, 0.3) is 5.91 Å². The molecule has 0 aliphatic carbocycles. The lowest BCUT2D eigenvalue weighted by atomic mass is 9.83. The molecule has 5 aromatic rings. The van der Waals surface area contributed by atoms with E-state index in [4.69, 9.17) is 22.1 Å². The van der Waals surface area contributed by atoms with Crippen molar-refractivity contribution >= 4 is 34.3 Å². The fourth-order valence-corrected chi connectivity index (χ4v) is 5.91. The number of nitrogens with one attached hydrogen (secondary N) is 1. The van der Waals surface area contributed by atoms with Gasteiger partial charge in [-0.3, -0.25) is 19.6 Å². The van der Waals surface area contributed by atoms with Gasteiger partial charge < -0.3 is 15.6 Å².